The van der Waals surface area contributed by atoms with E-state index in [-0.39, 0.29) is 18.0 Å². The summed E-state index contributed by atoms with van der Waals surface area (Å²) >= 11 is 0. The van der Waals surface area contributed by atoms with Crippen molar-refractivity contribution in [2.45, 2.75) is 77.6 Å². The first-order valence-corrected chi connectivity index (χ1v) is 11.0. The fourth-order valence-electron chi connectivity index (χ4n) is 3.26. The van der Waals surface area contributed by atoms with E-state index < -0.39 is 6.29 Å². The minimum Gasteiger partial charge on any atom is -0.494 e. The molecule has 0 aromatic heterocycles. The second kappa shape index (κ2) is 13.4. The molecule has 2 aliphatic rings. The first-order valence-electron chi connectivity index (χ1n) is 11.0. The maximum atomic E-state index is 11.0. The van der Waals surface area contributed by atoms with E-state index in [0.717, 1.165) is 44.3 Å². The molecular weight excluding hydrogens is 368 g/mol. The fraction of sp³-hybridized carbons (Fsp3) is 0.625. The molecule has 0 heterocycles. The molecule has 3 atom stereocenters. The van der Waals surface area contributed by atoms with Crippen LogP contribution in [-0.2, 0) is 19.0 Å². The Morgan fingerprint density at radius 1 is 1.07 bits per heavy atom. The lowest BCUT2D eigenvalue weighted by molar-refractivity contribution is -0.143. The van der Waals surface area contributed by atoms with Gasteiger partial charge in [-0.15, -0.1) is 0 Å². The van der Waals surface area contributed by atoms with Crippen LogP contribution in [0.15, 0.2) is 47.8 Å². The molecule has 2 aliphatic carbocycles. The molecule has 0 aliphatic heterocycles. The minimum atomic E-state index is -0.808. The van der Waals surface area contributed by atoms with Gasteiger partial charge in [0.15, 0.2) is 6.29 Å². The van der Waals surface area contributed by atoms with Crippen LogP contribution in [0.1, 0.15) is 65.2 Å². The topological polar surface area (TPSA) is 65.0 Å². The van der Waals surface area contributed by atoms with Crippen molar-refractivity contribution in [2.75, 3.05) is 13.2 Å². The zero-order valence-electron chi connectivity index (χ0n) is 17.8. The van der Waals surface area contributed by atoms with Gasteiger partial charge in [0.2, 0.25) is 0 Å². The number of ether oxygens (including phenoxy) is 3. The lowest BCUT2D eigenvalue weighted by Crippen LogP contribution is -2.28. The molecule has 0 saturated heterocycles. The molecule has 0 bridgehead atoms. The van der Waals surface area contributed by atoms with Crippen molar-refractivity contribution in [1.82, 2.24) is 0 Å². The van der Waals surface area contributed by atoms with E-state index in [1.165, 1.54) is 5.57 Å². The Balaban J connectivity index is 1.54. The van der Waals surface area contributed by atoms with E-state index in [9.17, 15) is 9.90 Å². The molecule has 5 heteroatoms. The Kier molecular flexibility index (Phi) is 10.8. The van der Waals surface area contributed by atoms with Gasteiger partial charge in [-0.1, -0.05) is 43.7 Å². The van der Waals surface area contributed by atoms with Gasteiger partial charge in [-0.05, 0) is 57.1 Å². The van der Waals surface area contributed by atoms with Crippen LogP contribution in [0, 0.1) is 5.92 Å². The summed E-state index contributed by atoms with van der Waals surface area (Å²) in [6.45, 7) is 5.13. The Morgan fingerprint density at radius 3 is 2.48 bits per heavy atom. The summed E-state index contributed by atoms with van der Waals surface area (Å²) in [6.07, 6.45) is 18.3. The first kappa shape index (κ1) is 23.4. The van der Waals surface area contributed by atoms with E-state index >= 15 is 0 Å². The summed E-state index contributed by atoms with van der Waals surface area (Å²) in [5.74, 6) is 0.687. The maximum absolute atomic E-state index is 11.0. The van der Waals surface area contributed by atoms with Crippen molar-refractivity contribution in [3.8, 4) is 0 Å². The van der Waals surface area contributed by atoms with Crippen molar-refractivity contribution in [1.29, 1.82) is 0 Å². The van der Waals surface area contributed by atoms with Gasteiger partial charge in [0.1, 0.15) is 5.76 Å². The number of rotatable bonds is 13. The van der Waals surface area contributed by atoms with Gasteiger partial charge in [-0.25, -0.2) is 0 Å². The van der Waals surface area contributed by atoms with E-state index in [1.54, 1.807) is 6.92 Å². The highest BCUT2D eigenvalue weighted by molar-refractivity contribution is 5.68. The average Bonchev–Trinajstić information content (AvgIpc) is 2.76. The zero-order valence-corrected chi connectivity index (χ0v) is 17.8. The number of allylic oxidation sites excluding steroid dienone is 4. The first-order chi connectivity index (χ1) is 14.1. The Bertz CT molecular complexity index is 617. The number of aliphatic hydroxyl groups excluding tert-OH is 1. The van der Waals surface area contributed by atoms with Crippen molar-refractivity contribution in [3.05, 3.63) is 47.8 Å². The zero-order chi connectivity index (χ0) is 20.9. The van der Waals surface area contributed by atoms with Gasteiger partial charge in [0.25, 0.3) is 0 Å². The highest BCUT2D eigenvalue weighted by Gasteiger charge is 2.22. The normalized spacial score (nSPS) is 22.0. The molecule has 0 spiro atoms. The van der Waals surface area contributed by atoms with Gasteiger partial charge in [-0.3, -0.25) is 4.79 Å². The molecule has 162 valence electrons. The van der Waals surface area contributed by atoms with Crippen LogP contribution in [0.25, 0.3) is 0 Å². The van der Waals surface area contributed by atoms with Crippen LogP contribution in [0.4, 0.5) is 0 Å². The quantitative estimate of drug-likeness (QED) is 0.266. The monoisotopic (exact) mass is 404 g/mol. The van der Waals surface area contributed by atoms with Gasteiger partial charge >= 0.3 is 5.97 Å². The van der Waals surface area contributed by atoms with Crippen molar-refractivity contribution >= 4 is 5.97 Å². The van der Waals surface area contributed by atoms with E-state index in [2.05, 4.69) is 19.1 Å². The second-order valence-electron chi connectivity index (χ2n) is 7.49. The third-order valence-corrected chi connectivity index (χ3v) is 5.18. The maximum Gasteiger partial charge on any atom is 0.305 e. The molecule has 0 aromatic rings. The van der Waals surface area contributed by atoms with Crippen LogP contribution >= 0.6 is 0 Å². The van der Waals surface area contributed by atoms with E-state index in [4.69, 9.17) is 14.2 Å². The van der Waals surface area contributed by atoms with Gasteiger partial charge in [-0.2, -0.15) is 0 Å². The fourth-order valence-corrected chi connectivity index (χ4v) is 3.26. The molecule has 1 N–H and O–H groups in total. The lowest BCUT2D eigenvalue weighted by Gasteiger charge is -2.26. The SMILES string of the molecule is CCC(=O)OCCCCCCOC1=CCC(C(O)OC2C=CC(CC)=CC2)C=C1. The summed E-state index contributed by atoms with van der Waals surface area (Å²) in [7, 11) is 0. The number of esters is 1. The molecule has 3 unspecified atom stereocenters. The largest absolute Gasteiger partial charge is 0.494 e. The van der Waals surface area contributed by atoms with E-state index in [1.807, 2.05) is 24.3 Å². The molecule has 0 saturated carbocycles. The number of unbranched alkanes of at least 4 members (excludes halogenated alkanes) is 3. The predicted octanol–water partition coefficient (Wildman–Crippen LogP) is 4.98. The summed E-state index contributed by atoms with van der Waals surface area (Å²) < 4.78 is 16.6. The second-order valence-corrected chi connectivity index (χ2v) is 7.49. The van der Waals surface area contributed by atoms with Gasteiger partial charge < -0.3 is 19.3 Å². The molecule has 0 aromatic carbocycles. The third-order valence-electron chi connectivity index (χ3n) is 5.18. The highest BCUT2D eigenvalue weighted by atomic mass is 16.6. The van der Waals surface area contributed by atoms with Crippen molar-refractivity contribution in [3.63, 3.8) is 0 Å². The van der Waals surface area contributed by atoms with Crippen LogP contribution in [0.2, 0.25) is 0 Å². The van der Waals surface area contributed by atoms with Gasteiger partial charge in [0.05, 0.1) is 19.3 Å². The van der Waals surface area contributed by atoms with Crippen molar-refractivity contribution < 1.29 is 24.1 Å². The standard InChI is InChI=1S/C24H36O5/c1-3-19-9-13-22(14-10-19)29-24(26)20-11-15-21(16-12-20)27-17-7-5-6-8-18-28-23(25)4-2/h9-11,13,15-16,20,22,24,26H,3-8,12,14,17-18H2,1-2H3. The molecule has 0 amide bonds. The summed E-state index contributed by atoms with van der Waals surface area (Å²) in [6, 6.07) is 0. The molecule has 0 fully saturated rings. The third kappa shape index (κ3) is 9.01. The average molecular weight is 405 g/mol. The molecule has 5 nitrogen and oxygen atoms in total. The smallest absolute Gasteiger partial charge is 0.305 e. The predicted molar refractivity (Wildman–Crippen MR) is 114 cm³/mol. The number of carbonyl (C=O) groups is 1. The molecule has 29 heavy (non-hydrogen) atoms. The van der Waals surface area contributed by atoms with Crippen molar-refractivity contribution in [2.24, 2.45) is 5.92 Å². The van der Waals surface area contributed by atoms with E-state index in [0.29, 0.717) is 26.1 Å². The summed E-state index contributed by atoms with van der Waals surface area (Å²) in [4.78, 5) is 11.0. The lowest BCUT2D eigenvalue weighted by atomic mass is 9.98. The van der Waals surface area contributed by atoms with Crippen LogP contribution in [0.3, 0.4) is 0 Å². The number of hydrogen-bond donors (Lipinski definition) is 1. The Morgan fingerprint density at radius 2 is 1.86 bits per heavy atom. The highest BCUT2D eigenvalue weighted by Crippen LogP contribution is 2.24. The van der Waals surface area contributed by atoms with Crippen LogP contribution < -0.4 is 0 Å². The molecule has 0 radical (unpaired) electrons. The summed E-state index contributed by atoms with van der Waals surface area (Å²) in [5.41, 5.74) is 1.32. The van der Waals surface area contributed by atoms with Crippen LogP contribution in [0.5, 0.6) is 0 Å². The number of aliphatic hydroxyl groups is 1. The summed E-state index contributed by atoms with van der Waals surface area (Å²) in [5, 5.41) is 10.4. The number of carbonyl (C=O) groups excluding carboxylic acids is 1. The van der Waals surface area contributed by atoms with Gasteiger partial charge in [0, 0.05) is 12.3 Å². The Hall–Kier alpha value is -1.85. The van der Waals surface area contributed by atoms with Crippen LogP contribution in [-0.4, -0.2) is 36.7 Å². The minimum absolute atomic E-state index is 0.0434. The Labute approximate surface area is 175 Å². The molecule has 2 rings (SSSR count). The number of hydrogen-bond acceptors (Lipinski definition) is 5. The molecular formula is C24H36O5.